The Balaban J connectivity index is 2.10. The first-order chi connectivity index (χ1) is 7.62. The van der Waals surface area contributed by atoms with Crippen LogP contribution in [0.4, 0.5) is 15.8 Å². The molecule has 1 fully saturated rings. The minimum Gasteiger partial charge on any atom is -0.369 e. The normalized spacial score (nSPS) is 21.4. The van der Waals surface area contributed by atoms with E-state index in [9.17, 15) is 9.18 Å². The number of hydrogen-bond donors (Lipinski definition) is 1. The van der Waals surface area contributed by atoms with E-state index in [2.05, 4.69) is 5.32 Å². The Morgan fingerprint density at radius 1 is 1.44 bits per heavy atom. The standard InChI is InChI=1S/C12H13FN2O/c1-15-7-12(5-6-12)11(16)14-9-4-2-3-8(13)10(9)15/h2-4H,5-7H2,1H3,(H,14,16). The van der Waals surface area contributed by atoms with Crippen molar-refractivity contribution in [1.82, 2.24) is 0 Å². The number of hydrogen-bond acceptors (Lipinski definition) is 2. The van der Waals surface area contributed by atoms with Gasteiger partial charge in [-0.3, -0.25) is 4.79 Å². The molecule has 0 unspecified atom stereocenters. The molecule has 1 aliphatic carbocycles. The van der Waals surface area contributed by atoms with Crippen LogP contribution in [0.5, 0.6) is 0 Å². The van der Waals surface area contributed by atoms with E-state index in [0.717, 1.165) is 12.8 Å². The molecule has 1 aliphatic heterocycles. The van der Waals surface area contributed by atoms with Gasteiger partial charge in [0.05, 0.1) is 16.8 Å². The third-order valence-corrected chi connectivity index (χ3v) is 3.49. The van der Waals surface area contributed by atoms with Crippen LogP contribution in [0, 0.1) is 11.2 Å². The SMILES string of the molecule is CN1CC2(CC2)C(=O)Nc2cccc(F)c21. The Morgan fingerprint density at radius 3 is 2.88 bits per heavy atom. The highest BCUT2D eigenvalue weighted by Crippen LogP contribution is 2.50. The molecule has 1 aromatic rings. The molecule has 1 amide bonds. The molecule has 1 spiro atoms. The fourth-order valence-electron chi connectivity index (χ4n) is 2.40. The highest BCUT2D eigenvalue weighted by molar-refractivity contribution is 6.01. The van der Waals surface area contributed by atoms with Gasteiger partial charge in [0.2, 0.25) is 5.91 Å². The third-order valence-electron chi connectivity index (χ3n) is 3.49. The van der Waals surface area contributed by atoms with Crippen molar-refractivity contribution < 1.29 is 9.18 Å². The maximum atomic E-state index is 13.7. The van der Waals surface area contributed by atoms with Gasteiger partial charge in [-0.15, -0.1) is 0 Å². The molecular formula is C12H13FN2O. The van der Waals surface area contributed by atoms with Crippen molar-refractivity contribution in [3.8, 4) is 0 Å². The first-order valence-corrected chi connectivity index (χ1v) is 5.43. The van der Waals surface area contributed by atoms with Gasteiger partial charge in [-0.1, -0.05) is 6.07 Å². The number of halogens is 1. The Hall–Kier alpha value is -1.58. The summed E-state index contributed by atoms with van der Waals surface area (Å²) in [6.45, 7) is 0.604. The number of fused-ring (bicyclic) bond motifs is 1. The van der Waals surface area contributed by atoms with Gasteiger partial charge in [-0.2, -0.15) is 0 Å². The van der Waals surface area contributed by atoms with Crippen molar-refractivity contribution in [2.24, 2.45) is 5.41 Å². The van der Waals surface area contributed by atoms with E-state index in [1.54, 1.807) is 12.1 Å². The van der Waals surface area contributed by atoms with Crippen molar-refractivity contribution in [1.29, 1.82) is 0 Å². The molecule has 1 saturated carbocycles. The van der Waals surface area contributed by atoms with Crippen LogP contribution >= 0.6 is 0 Å². The van der Waals surface area contributed by atoms with Gasteiger partial charge in [-0.05, 0) is 25.0 Å². The fraction of sp³-hybridized carbons (Fsp3) is 0.417. The van der Waals surface area contributed by atoms with Crippen LogP contribution in [0.2, 0.25) is 0 Å². The summed E-state index contributed by atoms with van der Waals surface area (Å²) in [4.78, 5) is 13.8. The van der Waals surface area contributed by atoms with Gasteiger partial charge in [-0.25, -0.2) is 4.39 Å². The van der Waals surface area contributed by atoms with Crippen molar-refractivity contribution in [2.75, 3.05) is 23.8 Å². The monoisotopic (exact) mass is 220 g/mol. The molecule has 0 aromatic heterocycles. The number of rotatable bonds is 0. The Bertz CT molecular complexity index is 468. The zero-order valence-corrected chi connectivity index (χ0v) is 9.09. The summed E-state index contributed by atoms with van der Waals surface area (Å²) < 4.78 is 13.7. The second kappa shape index (κ2) is 2.97. The van der Waals surface area contributed by atoms with Crippen LogP contribution in [0.15, 0.2) is 18.2 Å². The number of anilines is 2. The molecule has 0 radical (unpaired) electrons. The van der Waals surface area contributed by atoms with Crippen LogP contribution in [0.1, 0.15) is 12.8 Å². The summed E-state index contributed by atoms with van der Waals surface area (Å²) in [5, 5.41) is 2.83. The highest BCUT2D eigenvalue weighted by atomic mass is 19.1. The topological polar surface area (TPSA) is 32.3 Å². The van der Waals surface area contributed by atoms with Gasteiger partial charge >= 0.3 is 0 Å². The number of para-hydroxylation sites is 1. The maximum absolute atomic E-state index is 13.7. The number of nitrogens with one attached hydrogen (secondary N) is 1. The van der Waals surface area contributed by atoms with E-state index >= 15 is 0 Å². The van der Waals surface area contributed by atoms with E-state index < -0.39 is 0 Å². The molecule has 0 bridgehead atoms. The lowest BCUT2D eigenvalue weighted by molar-refractivity contribution is -0.120. The Labute approximate surface area is 93.2 Å². The minimum atomic E-state index is -0.280. The van der Waals surface area contributed by atoms with Crippen molar-refractivity contribution in [3.05, 3.63) is 24.0 Å². The molecule has 16 heavy (non-hydrogen) atoms. The summed E-state index contributed by atoms with van der Waals surface area (Å²) in [7, 11) is 1.84. The van der Waals surface area contributed by atoms with E-state index in [0.29, 0.717) is 17.9 Å². The summed E-state index contributed by atoms with van der Waals surface area (Å²) in [5.41, 5.74) is 0.802. The Kier molecular flexibility index (Phi) is 1.79. The number of benzene rings is 1. The fourth-order valence-corrected chi connectivity index (χ4v) is 2.40. The molecule has 1 heterocycles. The zero-order chi connectivity index (χ0) is 11.3. The quantitative estimate of drug-likeness (QED) is 0.725. The van der Waals surface area contributed by atoms with Crippen LogP contribution in [0.25, 0.3) is 0 Å². The number of amides is 1. The van der Waals surface area contributed by atoms with Crippen LogP contribution in [-0.2, 0) is 4.79 Å². The third kappa shape index (κ3) is 1.22. The average Bonchev–Trinajstić information content (AvgIpc) is 2.98. The van der Waals surface area contributed by atoms with Crippen LogP contribution in [-0.4, -0.2) is 19.5 Å². The average molecular weight is 220 g/mol. The van der Waals surface area contributed by atoms with E-state index in [-0.39, 0.29) is 17.1 Å². The minimum absolute atomic E-state index is 0.0312. The van der Waals surface area contributed by atoms with Gasteiger partial charge in [0.15, 0.2) is 0 Å². The van der Waals surface area contributed by atoms with E-state index in [1.807, 2.05) is 11.9 Å². The zero-order valence-electron chi connectivity index (χ0n) is 9.09. The summed E-state index contributed by atoms with van der Waals surface area (Å²) in [5.74, 6) is -0.248. The Morgan fingerprint density at radius 2 is 2.19 bits per heavy atom. The second-order valence-electron chi connectivity index (χ2n) is 4.73. The molecule has 0 atom stereocenters. The molecule has 3 nitrogen and oxygen atoms in total. The summed E-state index contributed by atoms with van der Waals surface area (Å²) in [6.07, 6.45) is 1.80. The first kappa shape index (κ1) is 9.63. The lowest BCUT2D eigenvalue weighted by Crippen LogP contribution is -2.31. The van der Waals surface area contributed by atoms with Crippen LogP contribution in [0.3, 0.4) is 0 Å². The van der Waals surface area contributed by atoms with Crippen LogP contribution < -0.4 is 10.2 Å². The van der Waals surface area contributed by atoms with Crippen molar-refractivity contribution >= 4 is 17.3 Å². The smallest absolute Gasteiger partial charge is 0.232 e. The summed E-state index contributed by atoms with van der Waals surface area (Å²) >= 11 is 0. The molecule has 0 saturated heterocycles. The van der Waals surface area contributed by atoms with Gasteiger partial charge < -0.3 is 10.2 Å². The summed E-state index contributed by atoms with van der Waals surface area (Å²) in [6, 6.07) is 4.79. The van der Waals surface area contributed by atoms with Gasteiger partial charge in [0, 0.05) is 13.6 Å². The molecule has 1 N–H and O–H groups in total. The van der Waals surface area contributed by atoms with Crippen molar-refractivity contribution in [2.45, 2.75) is 12.8 Å². The second-order valence-corrected chi connectivity index (χ2v) is 4.73. The molecule has 84 valence electrons. The lowest BCUT2D eigenvalue weighted by atomic mass is 10.1. The number of carbonyl (C=O) groups excluding carboxylic acids is 1. The predicted molar refractivity (Wildman–Crippen MR) is 60.0 cm³/mol. The maximum Gasteiger partial charge on any atom is 0.232 e. The molecular weight excluding hydrogens is 207 g/mol. The largest absolute Gasteiger partial charge is 0.369 e. The predicted octanol–water partition coefficient (Wildman–Crippen LogP) is 1.99. The molecule has 1 aromatic carbocycles. The number of carbonyl (C=O) groups is 1. The number of nitrogens with zero attached hydrogens (tertiary/aromatic N) is 1. The van der Waals surface area contributed by atoms with Gasteiger partial charge in [0.1, 0.15) is 5.82 Å². The molecule has 2 aliphatic rings. The van der Waals surface area contributed by atoms with Crippen molar-refractivity contribution in [3.63, 3.8) is 0 Å². The lowest BCUT2D eigenvalue weighted by Gasteiger charge is -2.21. The molecule has 4 heteroatoms. The first-order valence-electron chi connectivity index (χ1n) is 5.43. The highest BCUT2D eigenvalue weighted by Gasteiger charge is 2.52. The van der Waals surface area contributed by atoms with E-state index in [4.69, 9.17) is 0 Å². The van der Waals surface area contributed by atoms with Gasteiger partial charge in [0.25, 0.3) is 0 Å². The van der Waals surface area contributed by atoms with E-state index in [1.165, 1.54) is 6.07 Å². The molecule has 3 rings (SSSR count).